The van der Waals surface area contributed by atoms with Gasteiger partial charge in [-0.15, -0.1) is 0 Å². The van der Waals surface area contributed by atoms with Crippen molar-refractivity contribution in [1.29, 1.82) is 0 Å². The van der Waals surface area contributed by atoms with Gasteiger partial charge < -0.3 is 4.74 Å². The van der Waals surface area contributed by atoms with Crippen LogP contribution in [0.1, 0.15) is 11.5 Å². The van der Waals surface area contributed by atoms with E-state index in [9.17, 15) is 13.6 Å². The lowest BCUT2D eigenvalue weighted by atomic mass is 10.00. The summed E-state index contributed by atoms with van der Waals surface area (Å²) < 4.78 is 29.4. The maximum absolute atomic E-state index is 12.5. The molecular formula is C10H10F2O2. The molecule has 0 aliphatic carbocycles. The highest BCUT2D eigenvalue weighted by molar-refractivity contribution is 5.78. The molecule has 4 heteroatoms. The number of carbonyl (C=O) groups is 1. The van der Waals surface area contributed by atoms with Crippen molar-refractivity contribution in [2.75, 3.05) is 7.11 Å². The van der Waals surface area contributed by atoms with Gasteiger partial charge in [0, 0.05) is 0 Å². The molecule has 0 spiro atoms. The molecule has 1 aromatic carbocycles. The summed E-state index contributed by atoms with van der Waals surface area (Å²) in [7, 11) is 1.10. The fourth-order valence-electron chi connectivity index (χ4n) is 1.17. The summed E-state index contributed by atoms with van der Waals surface area (Å²) in [5.74, 6) is -2.40. The first-order valence-electron chi connectivity index (χ1n) is 4.07. The van der Waals surface area contributed by atoms with Crippen LogP contribution in [0.25, 0.3) is 0 Å². The summed E-state index contributed by atoms with van der Waals surface area (Å²) in [6, 6.07) is 7.87. The summed E-state index contributed by atoms with van der Waals surface area (Å²) >= 11 is 0. The zero-order valence-electron chi connectivity index (χ0n) is 7.61. The molecule has 0 amide bonds. The largest absolute Gasteiger partial charge is 0.468 e. The fourth-order valence-corrected chi connectivity index (χ4v) is 1.17. The maximum atomic E-state index is 12.5. The van der Waals surface area contributed by atoms with Crippen molar-refractivity contribution in [3.05, 3.63) is 35.9 Å². The fraction of sp³-hybridized carbons (Fsp3) is 0.300. The van der Waals surface area contributed by atoms with Gasteiger partial charge in [0.25, 0.3) is 6.43 Å². The monoisotopic (exact) mass is 200 g/mol. The predicted octanol–water partition coefficient (Wildman–Crippen LogP) is 2.21. The number of esters is 1. The molecule has 76 valence electrons. The number of hydrogen-bond donors (Lipinski definition) is 0. The van der Waals surface area contributed by atoms with Gasteiger partial charge in [-0.25, -0.2) is 8.78 Å². The van der Waals surface area contributed by atoms with Gasteiger partial charge in [0.2, 0.25) is 0 Å². The number of ether oxygens (including phenoxy) is 1. The zero-order chi connectivity index (χ0) is 10.6. The SMILES string of the molecule is COC(=O)C(c1ccccc1)C(F)F. The lowest BCUT2D eigenvalue weighted by molar-refractivity contribution is -0.146. The minimum Gasteiger partial charge on any atom is -0.468 e. The van der Waals surface area contributed by atoms with Crippen LogP contribution < -0.4 is 0 Å². The van der Waals surface area contributed by atoms with E-state index in [-0.39, 0.29) is 5.56 Å². The smallest absolute Gasteiger partial charge is 0.319 e. The van der Waals surface area contributed by atoms with Crippen LogP contribution >= 0.6 is 0 Å². The van der Waals surface area contributed by atoms with Crippen molar-refractivity contribution < 1.29 is 18.3 Å². The summed E-state index contributed by atoms with van der Waals surface area (Å²) in [5.41, 5.74) is 0.273. The van der Waals surface area contributed by atoms with E-state index < -0.39 is 18.3 Å². The second-order valence-corrected chi connectivity index (χ2v) is 2.75. The third-order valence-electron chi connectivity index (χ3n) is 1.87. The van der Waals surface area contributed by atoms with Gasteiger partial charge in [-0.1, -0.05) is 30.3 Å². The molecule has 2 nitrogen and oxygen atoms in total. The van der Waals surface area contributed by atoms with Gasteiger partial charge in [-0.3, -0.25) is 4.79 Å². The minimum absolute atomic E-state index is 0.273. The Kier molecular flexibility index (Phi) is 3.56. The van der Waals surface area contributed by atoms with E-state index in [2.05, 4.69) is 4.74 Å². The summed E-state index contributed by atoms with van der Waals surface area (Å²) in [6.45, 7) is 0. The van der Waals surface area contributed by atoms with Crippen LogP contribution in [0.3, 0.4) is 0 Å². The van der Waals surface area contributed by atoms with Gasteiger partial charge >= 0.3 is 5.97 Å². The first-order valence-corrected chi connectivity index (χ1v) is 4.07. The number of benzene rings is 1. The van der Waals surface area contributed by atoms with E-state index in [1.165, 1.54) is 12.1 Å². The Morgan fingerprint density at radius 1 is 1.29 bits per heavy atom. The number of hydrogen-bond acceptors (Lipinski definition) is 2. The Balaban J connectivity index is 2.95. The quantitative estimate of drug-likeness (QED) is 0.699. The first-order chi connectivity index (χ1) is 6.66. The number of rotatable bonds is 3. The number of methoxy groups -OCH3 is 1. The second-order valence-electron chi connectivity index (χ2n) is 2.75. The van der Waals surface area contributed by atoms with Gasteiger partial charge in [-0.05, 0) is 5.56 Å². The van der Waals surface area contributed by atoms with Crippen molar-refractivity contribution in [3.8, 4) is 0 Å². The molecule has 1 atom stereocenters. The Morgan fingerprint density at radius 2 is 1.86 bits per heavy atom. The molecule has 0 aliphatic heterocycles. The lowest BCUT2D eigenvalue weighted by Crippen LogP contribution is -2.21. The van der Waals surface area contributed by atoms with Gasteiger partial charge in [0.05, 0.1) is 7.11 Å². The summed E-state index contributed by atoms with van der Waals surface area (Å²) in [5, 5.41) is 0. The molecule has 0 bridgehead atoms. The molecule has 0 heterocycles. The molecule has 1 aromatic rings. The molecule has 0 saturated heterocycles. The average molecular weight is 200 g/mol. The normalized spacial score (nSPS) is 12.6. The van der Waals surface area contributed by atoms with E-state index in [1.807, 2.05) is 0 Å². The average Bonchev–Trinajstić information content (AvgIpc) is 2.19. The standard InChI is InChI=1S/C10H10F2O2/c1-14-10(13)8(9(11)12)7-5-3-2-4-6-7/h2-6,8-9H,1H3. The van der Waals surface area contributed by atoms with Crippen molar-refractivity contribution in [2.24, 2.45) is 0 Å². The van der Waals surface area contributed by atoms with E-state index in [1.54, 1.807) is 18.2 Å². The predicted molar refractivity (Wildman–Crippen MR) is 47.2 cm³/mol. The van der Waals surface area contributed by atoms with Gasteiger partial charge in [-0.2, -0.15) is 0 Å². The van der Waals surface area contributed by atoms with Crippen LogP contribution in [0, 0.1) is 0 Å². The van der Waals surface area contributed by atoms with Crippen LogP contribution in [0.4, 0.5) is 8.78 Å². The Labute approximate surface area is 80.5 Å². The van der Waals surface area contributed by atoms with Crippen molar-refractivity contribution in [3.63, 3.8) is 0 Å². The Hall–Kier alpha value is -1.45. The highest BCUT2D eigenvalue weighted by Crippen LogP contribution is 2.24. The van der Waals surface area contributed by atoms with Crippen LogP contribution in [0.15, 0.2) is 30.3 Å². The summed E-state index contributed by atoms with van der Waals surface area (Å²) in [4.78, 5) is 11.1. The van der Waals surface area contributed by atoms with Crippen molar-refractivity contribution >= 4 is 5.97 Å². The van der Waals surface area contributed by atoms with Crippen molar-refractivity contribution in [2.45, 2.75) is 12.3 Å². The molecule has 1 rings (SSSR count). The molecule has 0 saturated carbocycles. The van der Waals surface area contributed by atoms with Crippen LogP contribution in [-0.2, 0) is 9.53 Å². The van der Waals surface area contributed by atoms with Gasteiger partial charge in [0.15, 0.2) is 0 Å². The highest BCUT2D eigenvalue weighted by Gasteiger charge is 2.30. The Morgan fingerprint density at radius 3 is 2.29 bits per heavy atom. The second kappa shape index (κ2) is 4.69. The molecule has 0 aromatic heterocycles. The molecule has 14 heavy (non-hydrogen) atoms. The molecule has 0 aliphatic rings. The highest BCUT2D eigenvalue weighted by atomic mass is 19.3. The summed E-state index contributed by atoms with van der Waals surface area (Å²) in [6.07, 6.45) is -2.75. The van der Waals surface area contributed by atoms with E-state index in [0.29, 0.717) is 0 Å². The lowest BCUT2D eigenvalue weighted by Gasteiger charge is -2.13. The topological polar surface area (TPSA) is 26.3 Å². The number of alkyl halides is 2. The van der Waals surface area contributed by atoms with E-state index >= 15 is 0 Å². The van der Waals surface area contributed by atoms with Crippen LogP contribution in [0.5, 0.6) is 0 Å². The molecule has 1 unspecified atom stereocenters. The number of halogens is 2. The number of carbonyl (C=O) groups excluding carboxylic acids is 1. The van der Waals surface area contributed by atoms with Gasteiger partial charge in [0.1, 0.15) is 5.92 Å². The van der Waals surface area contributed by atoms with E-state index in [4.69, 9.17) is 0 Å². The molecular weight excluding hydrogens is 190 g/mol. The maximum Gasteiger partial charge on any atom is 0.319 e. The van der Waals surface area contributed by atoms with Crippen LogP contribution in [-0.4, -0.2) is 19.5 Å². The minimum atomic E-state index is -2.75. The molecule has 0 radical (unpaired) electrons. The Bertz CT molecular complexity index is 298. The van der Waals surface area contributed by atoms with E-state index in [0.717, 1.165) is 7.11 Å². The molecule has 0 fully saturated rings. The zero-order valence-corrected chi connectivity index (χ0v) is 7.61. The van der Waals surface area contributed by atoms with Crippen LogP contribution in [0.2, 0.25) is 0 Å². The third-order valence-corrected chi connectivity index (χ3v) is 1.87. The molecule has 0 N–H and O–H groups in total. The van der Waals surface area contributed by atoms with Crippen molar-refractivity contribution in [1.82, 2.24) is 0 Å². The first kappa shape index (κ1) is 10.6. The third kappa shape index (κ3) is 2.28.